The van der Waals surface area contributed by atoms with Crippen molar-refractivity contribution in [2.24, 2.45) is 0 Å². The van der Waals surface area contributed by atoms with E-state index in [1.165, 1.54) is 96.4 Å². The SMILES string of the molecule is c1ccc(-n2c3c(c4ccccc42)Cc2ccccc2N3c2ccc(-c3ccc(N(c4cccc5c4sc4ccccc45)c4cccc5c4sc4ccccc45)cc3)cc2)cc1. The maximum Gasteiger partial charge on any atom is 0.127 e. The Morgan fingerprint density at radius 3 is 1.60 bits per heavy atom. The molecule has 292 valence electrons. The second-order valence-electron chi connectivity index (χ2n) is 16.1. The van der Waals surface area contributed by atoms with Crippen molar-refractivity contribution in [3.63, 3.8) is 0 Å². The fourth-order valence-corrected chi connectivity index (χ4v) is 12.2. The van der Waals surface area contributed by atoms with Gasteiger partial charge in [0.1, 0.15) is 5.82 Å². The van der Waals surface area contributed by atoms with Gasteiger partial charge in [0, 0.05) is 65.4 Å². The standard InChI is InChI=1S/C57H37N3S2/c1-2-15-40(16-3-1)60-50-23-9-5-17-43(50)48-36-39-14-4-8-22-49(39)59(57(48)60)42-34-30-38(31-35-42)37-28-32-41(33-29-37)58(51-24-12-20-46-44-18-6-10-26-53(44)61-55(46)51)52-25-13-21-47-45-19-7-11-27-54(45)62-56(47)52/h1-35H,36H2. The third-order valence-corrected chi connectivity index (χ3v) is 15.0. The molecular formula is C57H37N3S2. The highest BCUT2D eigenvalue weighted by Crippen LogP contribution is 2.51. The van der Waals surface area contributed by atoms with Gasteiger partial charge < -0.3 is 4.90 Å². The van der Waals surface area contributed by atoms with Gasteiger partial charge in [-0.25, -0.2) is 0 Å². The Kier molecular flexibility index (Phi) is 8.02. The summed E-state index contributed by atoms with van der Waals surface area (Å²) in [6.45, 7) is 0. The summed E-state index contributed by atoms with van der Waals surface area (Å²) >= 11 is 3.76. The number of benzene rings is 9. The van der Waals surface area contributed by atoms with E-state index in [-0.39, 0.29) is 0 Å². The Hall–Kier alpha value is -7.44. The van der Waals surface area contributed by atoms with Gasteiger partial charge in [0.05, 0.1) is 32.0 Å². The Bertz CT molecular complexity index is 3560. The average Bonchev–Trinajstić information content (AvgIpc) is 4.02. The number of para-hydroxylation sites is 3. The smallest absolute Gasteiger partial charge is 0.127 e. The van der Waals surface area contributed by atoms with E-state index in [0.29, 0.717) is 0 Å². The minimum atomic E-state index is 0.888. The molecule has 1 aliphatic rings. The molecule has 13 rings (SSSR count). The summed E-state index contributed by atoms with van der Waals surface area (Å²) < 4.78 is 7.64. The Morgan fingerprint density at radius 2 is 0.935 bits per heavy atom. The first kappa shape index (κ1) is 35.3. The number of aromatic nitrogens is 1. The lowest BCUT2D eigenvalue weighted by Gasteiger charge is -2.33. The molecule has 9 aromatic carbocycles. The summed E-state index contributed by atoms with van der Waals surface area (Å²) in [5.41, 5.74) is 13.3. The zero-order valence-electron chi connectivity index (χ0n) is 33.6. The van der Waals surface area contributed by atoms with Crippen LogP contribution in [0, 0.1) is 0 Å². The summed E-state index contributed by atoms with van der Waals surface area (Å²) in [5.74, 6) is 1.20. The first-order chi connectivity index (χ1) is 30.8. The van der Waals surface area contributed by atoms with Gasteiger partial charge in [0.25, 0.3) is 0 Å². The van der Waals surface area contributed by atoms with Crippen LogP contribution in [0.2, 0.25) is 0 Å². The van der Waals surface area contributed by atoms with Gasteiger partial charge in [0.2, 0.25) is 0 Å². The molecule has 0 unspecified atom stereocenters. The van der Waals surface area contributed by atoms with E-state index >= 15 is 0 Å². The first-order valence-electron chi connectivity index (χ1n) is 21.1. The highest BCUT2D eigenvalue weighted by atomic mass is 32.1. The van der Waals surface area contributed by atoms with Crippen molar-refractivity contribution in [3.8, 4) is 16.8 Å². The van der Waals surface area contributed by atoms with Crippen molar-refractivity contribution in [1.29, 1.82) is 0 Å². The van der Waals surface area contributed by atoms with Gasteiger partial charge in [0.15, 0.2) is 0 Å². The minimum Gasteiger partial charge on any atom is -0.308 e. The van der Waals surface area contributed by atoms with E-state index in [1.54, 1.807) is 0 Å². The lowest BCUT2D eigenvalue weighted by atomic mass is 9.96. The van der Waals surface area contributed by atoms with E-state index in [0.717, 1.165) is 23.5 Å². The molecule has 0 saturated heterocycles. The molecule has 4 heterocycles. The molecule has 0 aliphatic carbocycles. The summed E-state index contributed by atoms with van der Waals surface area (Å²) in [6, 6.07) is 77.9. The maximum atomic E-state index is 2.49. The van der Waals surface area contributed by atoms with Crippen LogP contribution >= 0.6 is 22.7 Å². The molecule has 0 fully saturated rings. The zero-order chi connectivity index (χ0) is 40.7. The van der Waals surface area contributed by atoms with Crippen LogP contribution < -0.4 is 9.80 Å². The molecule has 0 spiro atoms. The first-order valence-corrected chi connectivity index (χ1v) is 22.8. The average molecular weight is 828 g/mol. The Balaban J connectivity index is 0.930. The molecule has 0 bridgehead atoms. The van der Waals surface area contributed by atoms with E-state index < -0.39 is 0 Å². The topological polar surface area (TPSA) is 11.4 Å². The number of rotatable bonds is 6. The van der Waals surface area contributed by atoms with E-state index in [1.807, 2.05) is 22.7 Å². The molecule has 3 nitrogen and oxygen atoms in total. The molecule has 0 N–H and O–H groups in total. The third-order valence-electron chi connectivity index (χ3n) is 12.6. The molecular weight excluding hydrogens is 791 g/mol. The second kappa shape index (κ2) is 14.1. The number of fused-ring (bicyclic) bond motifs is 10. The van der Waals surface area contributed by atoms with Gasteiger partial charge in [-0.05, 0) is 89.5 Å². The molecule has 5 heteroatoms. The number of anilines is 6. The normalized spacial score (nSPS) is 12.4. The Labute approximate surface area is 367 Å². The van der Waals surface area contributed by atoms with Crippen molar-refractivity contribution >= 4 is 108 Å². The molecule has 62 heavy (non-hydrogen) atoms. The van der Waals surface area contributed by atoms with E-state index in [9.17, 15) is 0 Å². The van der Waals surface area contributed by atoms with E-state index in [4.69, 9.17) is 0 Å². The quantitative estimate of drug-likeness (QED) is 0.165. The largest absolute Gasteiger partial charge is 0.308 e. The van der Waals surface area contributed by atoms with E-state index in [2.05, 4.69) is 227 Å². The van der Waals surface area contributed by atoms with Crippen molar-refractivity contribution in [3.05, 3.63) is 223 Å². The van der Waals surface area contributed by atoms with Crippen molar-refractivity contribution < 1.29 is 0 Å². The molecule has 0 radical (unpaired) electrons. The molecule has 0 atom stereocenters. The Morgan fingerprint density at radius 1 is 0.403 bits per heavy atom. The fourth-order valence-electron chi connectivity index (χ4n) is 9.82. The van der Waals surface area contributed by atoms with Crippen LogP contribution in [-0.2, 0) is 6.42 Å². The zero-order valence-corrected chi connectivity index (χ0v) is 35.2. The number of nitrogens with zero attached hydrogens (tertiary/aromatic N) is 3. The number of hydrogen-bond acceptors (Lipinski definition) is 4. The predicted octanol–water partition coefficient (Wildman–Crippen LogP) is 16.9. The molecule has 0 saturated carbocycles. The van der Waals surface area contributed by atoms with Crippen LogP contribution in [0.1, 0.15) is 11.1 Å². The minimum absolute atomic E-state index is 0.888. The highest BCUT2D eigenvalue weighted by molar-refractivity contribution is 7.27. The number of thiophene rings is 2. The molecule has 3 aromatic heterocycles. The third kappa shape index (κ3) is 5.42. The van der Waals surface area contributed by atoms with Crippen molar-refractivity contribution in [2.45, 2.75) is 6.42 Å². The predicted molar refractivity (Wildman–Crippen MR) is 267 cm³/mol. The van der Waals surface area contributed by atoms with Crippen LogP contribution in [0.5, 0.6) is 0 Å². The van der Waals surface area contributed by atoms with Crippen LogP contribution in [-0.4, -0.2) is 4.57 Å². The van der Waals surface area contributed by atoms with Gasteiger partial charge in [-0.3, -0.25) is 9.47 Å². The molecule has 0 amide bonds. The highest BCUT2D eigenvalue weighted by Gasteiger charge is 2.31. The lowest BCUT2D eigenvalue weighted by molar-refractivity contribution is 1.01. The van der Waals surface area contributed by atoms with Gasteiger partial charge in [-0.15, -0.1) is 22.7 Å². The summed E-state index contributed by atoms with van der Waals surface area (Å²) in [5, 5.41) is 6.49. The number of hydrogen-bond donors (Lipinski definition) is 0. The van der Waals surface area contributed by atoms with Crippen LogP contribution in [0.4, 0.5) is 34.3 Å². The second-order valence-corrected chi connectivity index (χ2v) is 18.2. The van der Waals surface area contributed by atoms with Crippen LogP contribution in [0.25, 0.3) is 68.1 Å². The lowest BCUT2D eigenvalue weighted by Crippen LogP contribution is -2.20. The van der Waals surface area contributed by atoms with Gasteiger partial charge in [-0.2, -0.15) is 0 Å². The summed E-state index contributed by atoms with van der Waals surface area (Å²) in [6.07, 6.45) is 0.888. The van der Waals surface area contributed by atoms with Gasteiger partial charge in [-0.1, -0.05) is 140 Å². The van der Waals surface area contributed by atoms with Crippen LogP contribution in [0.15, 0.2) is 212 Å². The monoisotopic (exact) mass is 827 g/mol. The van der Waals surface area contributed by atoms with Crippen molar-refractivity contribution in [2.75, 3.05) is 9.80 Å². The summed E-state index contributed by atoms with van der Waals surface area (Å²) in [7, 11) is 0. The fraction of sp³-hybridized carbons (Fsp3) is 0.0175. The summed E-state index contributed by atoms with van der Waals surface area (Å²) in [4.78, 5) is 4.95. The maximum absolute atomic E-state index is 2.49. The molecule has 1 aliphatic heterocycles. The van der Waals surface area contributed by atoms with Crippen molar-refractivity contribution in [1.82, 2.24) is 4.57 Å². The molecule has 12 aromatic rings. The van der Waals surface area contributed by atoms with Crippen LogP contribution in [0.3, 0.4) is 0 Å². The van der Waals surface area contributed by atoms with Gasteiger partial charge >= 0.3 is 0 Å².